The Balaban J connectivity index is 1.34. The number of benzene rings is 3. The Morgan fingerprint density at radius 2 is 1.31 bits per heavy atom. The van der Waals surface area contributed by atoms with Crippen molar-refractivity contribution in [1.29, 1.82) is 0 Å². The second-order valence-electron chi connectivity index (χ2n) is 8.29. The molecule has 0 bridgehead atoms. The van der Waals surface area contributed by atoms with Crippen molar-refractivity contribution in [2.75, 3.05) is 39.3 Å². The fourth-order valence-electron chi connectivity index (χ4n) is 4.25. The van der Waals surface area contributed by atoms with Gasteiger partial charge < -0.3 is 14.4 Å². The quantitative estimate of drug-likeness (QED) is 0.429. The van der Waals surface area contributed by atoms with Crippen LogP contribution in [0.25, 0.3) is 0 Å². The van der Waals surface area contributed by atoms with Gasteiger partial charge in [-0.25, -0.2) is 0 Å². The highest BCUT2D eigenvalue weighted by Crippen LogP contribution is 2.32. The summed E-state index contributed by atoms with van der Waals surface area (Å²) in [6, 6.07) is 29.3. The molecule has 0 spiro atoms. The van der Waals surface area contributed by atoms with Crippen LogP contribution in [0.3, 0.4) is 0 Å². The smallest absolute Gasteiger partial charge is 0.162 e. The molecule has 32 heavy (non-hydrogen) atoms. The van der Waals surface area contributed by atoms with Gasteiger partial charge in [0.15, 0.2) is 11.5 Å². The Morgan fingerprint density at radius 1 is 0.719 bits per heavy atom. The Hall–Kier alpha value is -2.82. The minimum Gasteiger partial charge on any atom is -0.490 e. The van der Waals surface area contributed by atoms with Gasteiger partial charge >= 0.3 is 0 Å². The van der Waals surface area contributed by atoms with E-state index in [0.29, 0.717) is 6.61 Å². The molecule has 168 valence electrons. The van der Waals surface area contributed by atoms with Gasteiger partial charge in [-0.1, -0.05) is 72.8 Å². The number of hydrogen-bond donors (Lipinski definition) is 0. The monoisotopic (exact) mass is 430 g/mol. The maximum atomic E-state index is 6.51. The summed E-state index contributed by atoms with van der Waals surface area (Å²) in [6.07, 6.45) is 0.948. The minimum atomic E-state index is 0.000143. The fraction of sp³-hybridized carbons (Fsp3) is 0.357. The third-order valence-corrected chi connectivity index (χ3v) is 6.01. The van der Waals surface area contributed by atoms with Crippen LogP contribution in [0.2, 0.25) is 0 Å². The van der Waals surface area contributed by atoms with E-state index < -0.39 is 0 Å². The summed E-state index contributed by atoms with van der Waals surface area (Å²) in [4.78, 5) is 5.12. The van der Waals surface area contributed by atoms with E-state index in [-0.39, 0.29) is 6.10 Å². The van der Waals surface area contributed by atoms with E-state index in [4.69, 9.17) is 9.47 Å². The molecule has 1 aliphatic rings. The van der Waals surface area contributed by atoms with Gasteiger partial charge in [0.05, 0.1) is 6.61 Å². The first-order valence-electron chi connectivity index (χ1n) is 11.7. The van der Waals surface area contributed by atoms with Gasteiger partial charge in [-0.2, -0.15) is 0 Å². The maximum Gasteiger partial charge on any atom is 0.162 e. The van der Waals surface area contributed by atoms with Crippen LogP contribution in [0.5, 0.6) is 11.5 Å². The molecule has 4 rings (SSSR count). The lowest BCUT2D eigenvalue weighted by Gasteiger charge is -2.35. The molecular weight excluding hydrogens is 396 g/mol. The van der Waals surface area contributed by atoms with Crippen molar-refractivity contribution in [2.24, 2.45) is 0 Å². The molecular formula is C28H34N2O2. The highest BCUT2D eigenvalue weighted by atomic mass is 16.5. The number of rotatable bonds is 10. The Labute approximate surface area is 192 Å². The molecule has 1 heterocycles. The van der Waals surface area contributed by atoms with Gasteiger partial charge in [-0.3, -0.25) is 4.90 Å². The van der Waals surface area contributed by atoms with Crippen LogP contribution in [0.15, 0.2) is 84.9 Å². The number of ether oxygens (including phenoxy) is 2. The molecule has 0 aromatic heterocycles. The van der Waals surface area contributed by atoms with Gasteiger partial charge in [0.25, 0.3) is 0 Å². The number of hydrogen-bond acceptors (Lipinski definition) is 4. The summed E-state index contributed by atoms with van der Waals surface area (Å²) >= 11 is 0. The fourth-order valence-corrected chi connectivity index (χ4v) is 4.25. The van der Waals surface area contributed by atoms with Crippen molar-refractivity contribution in [1.82, 2.24) is 9.80 Å². The Bertz CT molecular complexity index is 924. The zero-order chi connectivity index (χ0) is 22.0. The summed E-state index contributed by atoms with van der Waals surface area (Å²) in [5.74, 6) is 1.63. The molecule has 0 saturated carbocycles. The summed E-state index contributed by atoms with van der Waals surface area (Å²) in [6.45, 7) is 9.12. The van der Waals surface area contributed by atoms with Crippen LogP contribution >= 0.6 is 0 Å². The van der Waals surface area contributed by atoms with Gasteiger partial charge in [-0.05, 0) is 30.2 Å². The lowest BCUT2D eigenvalue weighted by Crippen LogP contribution is -2.46. The van der Waals surface area contributed by atoms with E-state index >= 15 is 0 Å². The predicted octanol–water partition coefficient (Wildman–Crippen LogP) is 5.41. The SMILES string of the molecule is CCOc1ccccc1O[C@@H](CCN1CCN(Cc2ccccc2)CC1)c1ccccc1. The van der Waals surface area contributed by atoms with Crippen molar-refractivity contribution in [3.63, 3.8) is 0 Å². The molecule has 1 saturated heterocycles. The van der Waals surface area contributed by atoms with Crippen molar-refractivity contribution < 1.29 is 9.47 Å². The summed E-state index contributed by atoms with van der Waals surface area (Å²) < 4.78 is 12.3. The van der Waals surface area contributed by atoms with Crippen molar-refractivity contribution in [3.8, 4) is 11.5 Å². The molecule has 3 aromatic carbocycles. The molecule has 0 unspecified atom stereocenters. The molecule has 0 N–H and O–H groups in total. The number of para-hydroxylation sites is 2. The summed E-state index contributed by atoms with van der Waals surface area (Å²) in [5, 5.41) is 0. The second kappa shape index (κ2) is 11.7. The van der Waals surface area contributed by atoms with Gasteiger partial charge in [0.1, 0.15) is 6.10 Å². The second-order valence-corrected chi connectivity index (χ2v) is 8.29. The average Bonchev–Trinajstić information content (AvgIpc) is 2.85. The average molecular weight is 431 g/mol. The van der Waals surface area contributed by atoms with Crippen molar-refractivity contribution in [2.45, 2.75) is 26.0 Å². The van der Waals surface area contributed by atoms with E-state index in [1.165, 1.54) is 11.1 Å². The van der Waals surface area contributed by atoms with Crippen molar-refractivity contribution >= 4 is 0 Å². The molecule has 0 amide bonds. The standard InChI is InChI=1S/C28H34N2O2/c1-2-31-27-15-9-10-16-28(27)32-26(25-13-7-4-8-14-25)17-18-29-19-21-30(22-20-29)23-24-11-5-3-6-12-24/h3-16,26H,2,17-23H2,1H3/t26-/m0/s1. The van der Waals surface area contributed by atoms with Crippen LogP contribution in [0.4, 0.5) is 0 Å². The molecule has 0 radical (unpaired) electrons. The summed E-state index contributed by atoms with van der Waals surface area (Å²) in [5.41, 5.74) is 2.60. The highest BCUT2D eigenvalue weighted by Gasteiger charge is 2.21. The zero-order valence-corrected chi connectivity index (χ0v) is 19.0. The molecule has 1 aliphatic heterocycles. The maximum absolute atomic E-state index is 6.51. The number of nitrogens with zero attached hydrogens (tertiary/aromatic N) is 2. The number of piperazine rings is 1. The van der Waals surface area contributed by atoms with E-state index in [9.17, 15) is 0 Å². The van der Waals surface area contributed by atoms with Gasteiger partial charge in [-0.15, -0.1) is 0 Å². The van der Waals surface area contributed by atoms with E-state index in [2.05, 4.69) is 70.5 Å². The summed E-state index contributed by atoms with van der Waals surface area (Å²) in [7, 11) is 0. The molecule has 0 aliphatic carbocycles. The van der Waals surface area contributed by atoms with Crippen LogP contribution in [0.1, 0.15) is 30.6 Å². The first-order valence-corrected chi connectivity index (χ1v) is 11.7. The normalized spacial score (nSPS) is 15.9. The first-order chi connectivity index (χ1) is 15.8. The minimum absolute atomic E-state index is 0.000143. The Morgan fingerprint density at radius 3 is 2.00 bits per heavy atom. The molecule has 4 heteroatoms. The lowest BCUT2D eigenvalue weighted by atomic mass is 10.1. The molecule has 3 aromatic rings. The van der Waals surface area contributed by atoms with Crippen LogP contribution in [-0.2, 0) is 6.54 Å². The van der Waals surface area contributed by atoms with Gasteiger partial charge in [0, 0.05) is 45.7 Å². The first kappa shape index (κ1) is 22.4. The third kappa shape index (κ3) is 6.35. The third-order valence-electron chi connectivity index (χ3n) is 6.01. The van der Waals surface area contributed by atoms with E-state index in [1.807, 2.05) is 31.2 Å². The van der Waals surface area contributed by atoms with Crippen LogP contribution < -0.4 is 9.47 Å². The van der Waals surface area contributed by atoms with Crippen LogP contribution in [0, 0.1) is 0 Å². The largest absolute Gasteiger partial charge is 0.490 e. The lowest BCUT2D eigenvalue weighted by molar-refractivity contribution is 0.105. The predicted molar refractivity (Wildman–Crippen MR) is 130 cm³/mol. The Kier molecular flexibility index (Phi) is 8.18. The van der Waals surface area contributed by atoms with E-state index in [0.717, 1.165) is 57.2 Å². The topological polar surface area (TPSA) is 24.9 Å². The zero-order valence-electron chi connectivity index (χ0n) is 19.0. The van der Waals surface area contributed by atoms with Gasteiger partial charge in [0.2, 0.25) is 0 Å². The molecule has 4 nitrogen and oxygen atoms in total. The van der Waals surface area contributed by atoms with Crippen molar-refractivity contribution in [3.05, 3.63) is 96.1 Å². The van der Waals surface area contributed by atoms with E-state index in [1.54, 1.807) is 0 Å². The highest BCUT2D eigenvalue weighted by molar-refractivity contribution is 5.40. The molecule has 1 fully saturated rings. The van der Waals surface area contributed by atoms with Crippen LogP contribution in [-0.4, -0.2) is 49.1 Å². The molecule has 1 atom stereocenters.